The maximum absolute atomic E-state index is 11.7. The number of hydrogen-bond donors (Lipinski definition) is 1. The zero-order chi connectivity index (χ0) is 13.3. The number of carbonyl (C=O) groups is 1. The fraction of sp³-hybridized carbons (Fsp3) is 0.923. The van der Waals surface area contributed by atoms with E-state index in [0.29, 0.717) is 0 Å². The minimum absolute atomic E-state index is 0.115. The number of rotatable bonds is 5. The van der Waals surface area contributed by atoms with E-state index in [4.69, 9.17) is 0 Å². The number of likely N-dealkylation sites (tertiary alicyclic amines) is 1. The molecule has 1 saturated heterocycles. The van der Waals surface area contributed by atoms with Crippen molar-refractivity contribution in [1.29, 1.82) is 0 Å². The lowest BCUT2D eigenvalue weighted by molar-refractivity contribution is -0.125. The average molecular weight is 243 g/mol. The Labute approximate surface area is 106 Å². The molecule has 1 atom stereocenters. The molecule has 1 rings (SSSR count). The molecule has 1 aliphatic heterocycles. The fourth-order valence-corrected chi connectivity index (χ4v) is 1.97. The number of hydrogen-bond acceptors (Lipinski definition) is 3. The van der Waals surface area contributed by atoms with Gasteiger partial charge in [0.05, 0.1) is 6.04 Å². The predicted molar refractivity (Wildman–Crippen MR) is 73.2 cm³/mol. The summed E-state index contributed by atoms with van der Waals surface area (Å²) in [5.41, 5.74) is 0. The van der Waals surface area contributed by atoms with Crippen molar-refractivity contribution in [3.05, 3.63) is 0 Å². The third-order valence-corrected chi connectivity index (χ3v) is 2.90. The third kappa shape index (κ3) is 6.64. The molecule has 0 aromatic rings. The van der Waals surface area contributed by atoms with Crippen molar-refractivity contribution in [2.75, 3.05) is 40.8 Å². The first-order chi connectivity index (χ1) is 8.11. The number of carbonyl (C=O) groups excluding carboxylic acids is 1. The molecular formula is C13H29N3O. The van der Waals surface area contributed by atoms with Gasteiger partial charge in [-0.15, -0.1) is 0 Å². The molecule has 0 aliphatic carbocycles. The summed E-state index contributed by atoms with van der Waals surface area (Å²) in [4.78, 5) is 16.0. The van der Waals surface area contributed by atoms with Crippen LogP contribution in [-0.2, 0) is 4.79 Å². The maximum Gasteiger partial charge on any atom is 0.237 e. The van der Waals surface area contributed by atoms with E-state index in [1.807, 2.05) is 35.0 Å². The van der Waals surface area contributed by atoms with E-state index < -0.39 is 0 Å². The van der Waals surface area contributed by atoms with Gasteiger partial charge in [-0.25, -0.2) is 0 Å². The molecule has 1 unspecified atom stereocenters. The molecule has 1 aliphatic rings. The molecule has 1 fully saturated rings. The summed E-state index contributed by atoms with van der Waals surface area (Å²) in [6.07, 6.45) is 3.18. The molecule has 1 amide bonds. The highest BCUT2D eigenvalue weighted by molar-refractivity contribution is 5.81. The van der Waals surface area contributed by atoms with Crippen LogP contribution < -0.4 is 5.32 Å². The molecule has 1 N–H and O–H groups in total. The number of nitrogens with zero attached hydrogens (tertiary/aromatic N) is 2. The molecule has 4 nitrogen and oxygen atoms in total. The van der Waals surface area contributed by atoms with Crippen LogP contribution in [0.2, 0.25) is 0 Å². The van der Waals surface area contributed by atoms with Crippen LogP contribution in [0.3, 0.4) is 0 Å². The van der Waals surface area contributed by atoms with Crippen LogP contribution >= 0.6 is 0 Å². The lowest BCUT2D eigenvalue weighted by atomic mass is 10.2. The highest BCUT2D eigenvalue weighted by Crippen LogP contribution is 2.14. The molecule has 1 heterocycles. The second-order valence-electron chi connectivity index (χ2n) is 4.59. The van der Waals surface area contributed by atoms with Crippen molar-refractivity contribution in [2.24, 2.45) is 0 Å². The Morgan fingerprint density at radius 2 is 2.06 bits per heavy atom. The van der Waals surface area contributed by atoms with Crippen molar-refractivity contribution in [2.45, 2.75) is 39.2 Å². The lowest BCUT2D eigenvalue weighted by Crippen LogP contribution is -2.42. The van der Waals surface area contributed by atoms with Gasteiger partial charge in [-0.05, 0) is 53.5 Å². The minimum Gasteiger partial charge on any atom is -0.355 e. The summed E-state index contributed by atoms with van der Waals surface area (Å²) in [5, 5.41) is 3.00. The van der Waals surface area contributed by atoms with E-state index >= 15 is 0 Å². The van der Waals surface area contributed by atoms with E-state index in [0.717, 1.165) is 38.9 Å². The van der Waals surface area contributed by atoms with Crippen LogP contribution in [0.25, 0.3) is 0 Å². The largest absolute Gasteiger partial charge is 0.355 e. The summed E-state index contributed by atoms with van der Waals surface area (Å²) in [5.74, 6) is 0.203. The van der Waals surface area contributed by atoms with Crippen LogP contribution in [0.1, 0.15) is 33.1 Å². The second kappa shape index (κ2) is 9.42. The van der Waals surface area contributed by atoms with Crippen molar-refractivity contribution >= 4 is 5.91 Å². The molecule has 0 spiro atoms. The normalized spacial score (nSPS) is 20.0. The van der Waals surface area contributed by atoms with Crippen LogP contribution in [0, 0.1) is 0 Å². The Morgan fingerprint density at radius 3 is 2.53 bits per heavy atom. The zero-order valence-electron chi connectivity index (χ0n) is 12.1. The monoisotopic (exact) mass is 243 g/mol. The SMILES string of the molecule is CC.CN(C)CCCNC(=O)C1CCCN1C. The van der Waals surface area contributed by atoms with E-state index in [9.17, 15) is 4.79 Å². The van der Waals surface area contributed by atoms with Gasteiger partial charge in [0.15, 0.2) is 0 Å². The summed E-state index contributed by atoms with van der Waals surface area (Å²) >= 11 is 0. The fourth-order valence-electron chi connectivity index (χ4n) is 1.97. The van der Waals surface area contributed by atoms with Crippen LogP contribution in [0.15, 0.2) is 0 Å². The third-order valence-electron chi connectivity index (χ3n) is 2.90. The number of amides is 1. The van der Waals surface area contributed by atoms with Gasteiger partial charge in [0, 0.05) is 6.54 Å². The first kappa shape index (κ1) is 16.4. The summed E-state index contributed by atoms with van der Waals surface area (Å²) in [6.45, 7) is 6.87. The van der Waals surface area contributed by atoms with Crippen LogP contribution in [0.5, 0.6) is 0 Å². The molecular weight excluding hydrogens is 214 g/mol. The van der Waals surface area contributed by atoms with Crippen molar-refractivity contribution in [3.8, 4) is 0 Å². The van der Waals surface area contributed by atoms with Crippen molar-refractivity contribution < 1.29 is 4.79 Å². The van der Waals surface area contributed by atoms with Gasteiger partial charge in [-0.1, -0.05) is 13.8 Å². The Kier molecular flexibility index (Phi) is 9.09. The summed E-state index contributed by atoms with van der Waals surface area (Å²) < 4.78 is 0. The first-order valence-electron chi connectivity index (χ1n) is 6.74. The number of nitrogens with one attached hydrogen (secondary N) is 1. The van der Waals surface area contributed by atoms with Gasteiger partial charge in [0.25, 0.3) is 0 Å². The Bertz CT molecular complexity index is 207. The van der Waals surface area contributed by atoms with Gasteiger partial charge < -0.3 is 10.2 Å². The lowest BCUT2D eigenvalue weighted by Gasteiger charge is -2.18. The van der Waals surface area contributed by atoms with Crippen LogP contribution in [-0.4, -0.2) is 62.5 Å². The predicted octanol–water partition coefficient (Wildman–Crippen LogP) is 1.17. The summed E-state index contributed by atoms with van der Waals surface area (Å²) in [6, 6.07) is 0.115. The quantitative estimate of drug-likeness (QED) is 0.736. The Balaban J connectivity index is 0.00000121. The molecule has 0 aromatic carbocycles. The zero-order valence-corrected chi connectivity index (χ0v) is 12.1. The highest BCUT2D eigenvalue weighted by atomic mass is 16.2. The number of likely N-dealkylation sites (N-methyl/N-ethyl adjacent to an activating group) is 1. The molecule has 4 heteroatoms. The standard InChI is InChI=1S/C11H23N3O.C2H6/c1-13(2)8-5-7-12-11(15)10-6-4-9-14(10)3;1-2/h10H,4-9H2,1-3H3,(H,12,15);1-2H3. The smallest absolute Gasteiger partial charge is 0.237 e. The first-order valence-corrected chi connectivity index (χ1v) is 6.74. The Morgan fingerprint density at radius 1 is 1.41 bits per heavy atom. The second-order valence-corrected chi connectivity index (χ2v) is 4.59. The molecule has 0 bridgehead atoms. The highest BCUT2D eigenvalue weighted by Gasteiger charge is 2.26. The van der Waals surface area contributed by atoms with Gasteiger partial charge in [-0.2, -0.15) is 0 Å². The van der Waals surface area contributed by atoms with Gasteiger partial charge >= 0.3 is 0 Å². The van der Waals surface area contributed by atoms with Gasteiger partial charge in [0.2, 0.25) is 5.91 Å². The molecule has 0 aromatic heterocycles. The maximum atomic E-state index is 11.7. The topological polar surface area (TPSA) is 35.6 Å². The summed E-state index contributed by atoms with van der Waals surface area (Å²) in [7, 11) is 6.12. The minimum atomic E-state index is 0.115. The van der Waals surface area contributed by atoms with Crippen molar-refractivity contribution in [1.82, 2.24) is 15.1 Å². The van der Waals surface area contributed by atoms with Gasteiger partial charge in [-0.3, -0.25) is 9.69 Å². The Hall–Kier alpha value is -0.610. The van der Waals surface area contributed by atoms with Crippen LogP contribution in [0.4, 0.5) is 0 Å². The molecule has 0 radical (unpaired) electrons. The van der Waals surface area contributed by atoms with E-state index in [-0.39, 0.29) is 11.9 Å². The van der Waals surface area contributed by atoms with E-state index in [2.05, 4.69) is 15.1 Å². The van der Waals surface area contributed by atoms with Crippen molar-refractivity contribution in [3.63, 3.8) is 0 Å². The van der Waals surface area contributed by atoms with E-state index in [1.54, 1.807) is 0 Å². The molecule has 17 heavy (non-hydrogen) atoms. The van der Waals surface area contributed by atoms with E-state index in [1.165, 1.54) is 0 Å². The van der Waals surface area contributed by atoms with Gasteiger partial charge in [0.1, 0.15) is 0 Å². The molecule has 0 saturated carbocycles. The molecule has 102 valence electrons. The average Bonchev–Trinajstić information content (AvgIpc) is 2.73.